The van der Waals surface area contributed by atoms with E-state index in [9.17, 15) is 0 Å². The van der Waals surface area contributed by atoms with Crippen molar-refractivity contribution in [2.75, 3.05) is 30.3 Å². The van der Waals surface area contributed by atoms with E-state index in [0.29, 0.717) is 11.9 Å². The van der Waals surface area contributed by atoms with E-state index >= 15 is 0 Å². The van der Waals surface area contributed by atoms with Crippen molar-refractivity contribution in [3.8, 4) is 0 Å². The third-order valence-electron chi connectivity index (χ3n) is 3.97. The molecule has 1 aromatic heterocycles. The topological polar surface area (TPSA) is 64.3 Å². The van der Waals surface area contributed by atoms with Gasteiger partial charge in [-0.05, 0) is 26.7 Å². The molecule has 0 atom stereocenters. The summed E-state index contributed by atoms with van der Waals surface area (Å²) in [5.41, 5.74) is 6.98. The number of hydrogen-bond donors (Lipinski definition) is 1. The van der Waals surface area contributed by atoms with Crippen molar-refractivity contribution in [2.24, 2.45) is 0 Å². The van der Waals surface area contributed by atoms with Crippen LogP contribution in [0.4, 0.5) is 11.6 Å². The van der Waals surface area contributed by atoms with E-state index in [1.54, 1.807) is 0 Å². The molecule has 5 heteroatoms. The SMILES string of the molecule is CCOC1CCN(c2nc(C(C)(C)C)nc(N)c2C)CC1. The van der Waals surface area contributed by atoms with Crippen molar-refractivity contribution in [1.29, 1.82) is 0 Å². The van der Waals surface area contributed by atoms with Crippen LogP contribution in [0.1, 0.15) is 51.9 Å². The lowest BCUT2D eigenvalue weighted by atomic mass is 9.95. The summed E-state index contributed by atoms with van der Waals surface area (Å²) >= 11 is 0. The van der Waals surface area contributed by atoms with E-state index < -0.39 is 0 Å². The van der Waals surface area contributed by atoms with Gasteiger partial charge in [0.05, 0.1) is 6.10 Å². The maximum Gasteiger partial charge on any atom is 0.138 e. The van der Waals surface area contributed by atoms with Gasteiger partial charge in [-0.3, -0.25) is 0 Å². The van der Waals surface area contributed by atoms with Crippen molar-refractivity contribution < 1.29 is 4.74 Å². The van der Waals surface area contributed by atoms with Crippen LogP contribution < -0.4 is 10.6 Å². The second kappa shape index (κ2) is 6.18. The second-order valence-electron chi connectivity index (χ2n) is 6.77. The Balaban J connectivity index is 2.22. The largest absolute Gasteiger partial charge is 0.383 e. The lowest BCUT2D eigenvalue weighted by Crippen LogP contribution is -2.38. The lowest BCUT2D eigenvalue weighted by molar-refractivity contribution is 0.0458. The van der Waals surface area contributed by atoms with Crippen LogP contribution in [0.2, 0.25) is 0 Å². The van der Waals surface area contributed by atoms with Gasteiger partial charge in [-0.1, -0.05) is 20.8 Å². The fourth-order valence-electron chi connectivity index (χ4n) is 2.63. The van der Waals surface area contributed by atoms with Gasteiger partial charge in [0.1, 0.15) is 17.5 Å². The quantitative estimate of drug-likeness (QED) is 0.928. The molecule has 1 aliphatic rings. The number of aromatic nitrogens is 2. The minimum absolute atomic E-state index is 0.0970. The standard InChI is InChI=1S/C16H28N4O/c1-6-21-12-7-9-20(10-8-12)14-11(2)13(17)18-15(19-14)16(3,4)5/h12H,6-10H2,1-5H3,(H2,17,18,19). The third-order valence-corrected chi connectivity index (χ3v) is 3.97. The molecule has 0 aliphatic carbocycles. The summed E-state index contributed by atoms with van der Waals surface area (Å²) in [6.07, 6.45) is 2.47. The van der Waals surface area contributed by atoms with E-state index in [-0.39, 0.29) is 5.41 Å². The Labute approximate surface area is 127 Å². The summed E-state index contributed by atoms with van der Waals surface area (Å²) in [4.78, 5) is 11.6. The number of rotatable bonds is 3. The van der Waals surface area contributed by atoms with Crippen molar-refractivity contribution in [1.82, 2.24) is 9.97 Å². The van der Waals surface area contributed by atoms with Crippen molar-refractivity contribution in [2.45, 2.75) is 59.0 Å². The van der Waals surface area contributed by atoms with E-state index in [2.05, 4.69) is 37.6 Å². The predicted octanol–water partition coefficient (Wildman–Crippen LogP) is 2.67. The van der Waals surface area contributed by atoms with E-state index in [4.69, 9.17) is 15.5 Å². The van der Waals surface area contributed by atoms with Crippen LogP contribution in [0.25, 0.3) is 0 Å². The maximum absolute atomic E-state index is 6.10. The highest BCUT2D eigenvalue weighted by Crippen LogP contribution is 2.29. The van der Waals surface area contributed by atoms with Crippen LogP contribution in [0.5, 0.6) is 0 Å². The highest BCUT2D eigenvalue weighted by atomic mass is 16.5. The maximum atomic E-state index is 6.10. The van der Waals surface area contributed by atoms with Gasteiger partial charge in [-0.2, -0.15) is 0 Å². The Morgan fingerprint density at radius 2 is 1.86 bits per heavy atom. The Morgan fingerprint density at radius 1 is 1.24 bits per heavy atom. The molecule has 21 heavy (non-hydrogen) atoms. The molecule has 0 spiro atoms. The molecule has 1 aromatic rings. The number of hydrogen-bond acceptors (Lipinski definition) is 5. The van der Waals surface area contributed by atoms with Gasteiger partial charge in [0.2, 0.25) is 0 Å². The van der Waals surface area contributed by atoms with Gasteiger partial charge >= 0.3 is 0 Å². The number of ether oxygens (including phenoxy) is 1. The summed E-state index contributed by atoms with van der Waals surface area (Å²) in [5.74, 6) is 2.40. The highest BCUT2D eigenvalue weighted by Gasteiger charge is 2.25. The van der Waals surface area contributed by atoms with E-state index in [1.807, 2.05) is 6.92 Å². The summed E-state index contributed by atoms with van der Waals surface area (Å²) in [6, 6.07) is 0. The van der Waals surface area contributed by atoms with E-state index in [1.165, 1.54) is 0 Å². The van der Waals surface area contributed by atoms with Crippen molar-refractivity contribution in [3.63, 3.8) is 0 Å². The summed E-state index contributed by atoms with van der Waals surface area (Å²) < 4.78 is 5.71. The molecule has 2 N–H and O–H groups in total. The van der Waals surface area contributed by atoms with Gasteiger partial charge < -0.3 is 15.4 Å². The second-order valence-corrected chi connectivity index (χ2v) is 6.77. The van der Waals surface area contributed by atoms with Crippen LogP contribution in [-0.2, 0) is 10.2 Å². The van der Waals surface area contributed by atoms with Crippen molar-refractivity contribution >= 4 is 11.6 Å². The monoisotopic (exact) mass is 292 g/mol. The van der Waals surface area contributed by atoms with Gasteiger partial charge in [0, 0.05) is 30.7 Å². The Bertz CT molecular complexity index is 488. The molecule has 2 heterocycles. The van der Waals surface area contributed by atoms with E-state index in [0.717, 1.165) is 49.7 Å². The van der Waals surface area contributed by atoms with Crippen LogP contribution in [0.3, 0.4) is 0 Å². The van der Waals surface area contributed by atoms with Crippen LogP contribution >= 0.6 is 0 Å². The minimum atomic E-state index is -0.0970. The lowest BCUT2D eigenvalue weighted by Gasteiger charge is -2.34. The van der Waals surface area contributed by atoms with Crippen molar-refractivity contribution in [3.05, 3.63) is 11.4 Å². The molecule has 0 radical (unpaired) electrons. The molecular formula is C16H28N4O. The predicted molar refractivity (Wildman–Crippen MR) is 86.7 cm³/mol. The molecule has 0 bridgehead atoms. The number of nitrogen functional groups attached to an aromatic ring is 1. The third kappa shape index (κ3) is 3.64. The molecule has 0 saturated carbocycles. The molecule has 118 valence electrons. The van der Waals surface area contributed by atoms with Gasteiger partial charge in [0.25, 0.3) is 0 Å². The number of nitrogens with two attached hydrogens (primary N) is 1. The Hall–Kier alpha value is -1.36. The van der Waals surface area contributed by atoms with Crippen LogP contribution in [-0.4, -0.2) is 35.8 Å². The highest BCUT2D eigenvalue weighted by molar-refractivity contribution is 5.57. The molecule has 0 unspecified atom stereocenters. The first kappa shape index (κ1) is 16.0. The number of nitrogens with zero attached hydrogens (tertiary/aromatic N) is 3. The first-order valence-corrected chi connectivity index (χ1v) is 7.84. The first-order chi connectivity index (χ1) is 9.82. The average molecular weight is 292 g/mol. The minimum Gasteiger partial charge on any atom is -0.383 e. The first-order valence-electron chi connectivity index (χ1n) is 7.84. The molecule has 1 aliphatic heterocycles. The Kier molecular flexibility index (Phi) is 4.71. The molecule has 5 nitrogen and oxygen atoms in total. The molecule has 2 rings (SSSR count). The fourth-order valence-corrected chi connectivity index (χ4v) is 2.63. The Morgan fingerprint density at radius 3 is 2.38 bits per heavy atom. The number of piperidine rings is 1. The summed E-state index contributed by atoms with van der Waals surface area (Å²) in [6.45, 7) is 13.1. The zero-order valence-corrected chi connectivity index (χ0v) is 13.9. The number of anilines is 2. The fraction of sp³-hybridized carbons (Fsp3) is 0.750. The molecule has 1 saturated heterocycles. The van der Waals surface area contributed by atoms with Gasteiger partial charge in [-0.25, -0.2) is 9.97 Å². The van der Waals surface area contributed by atoms with Gasteiger partial charge in [0.15, 0.2) is 0 Å². The molecule has 1 fully saturated rings. The van der Waals surface area contributed by atoms with Crippen LogP contribution in [0.15, 0.2) is 0 Å². The van der Waals surface area contributed by atoms with Gasteiger partial charge in [-0.15, -0.1) is 0 Å². The zero-order valence-electron chi connectivity index (χ0n) is 13.9. The van der Waals surface area contributed by atoms with Crippen LogP contribution in [0, 0.1) is 6.92 Å². The molecule has 0 aromatic carbocycles. The zero-order chi connectivity index (χ0) is 15.6. The summed E-state index contributed by atoms with van der Waals surface area (Å²) in [7, 11) is 0. The smallest absolute Gasteiger partial charge is 0.138 e. The summed E-state index contributed by atoms with van der Waals surface area (Å²) in [5, 5.41) is 0. The normalized spacial score (nSPS) is 17.3. The molecule has 0 amide bonds. The average Bonchev–Trinajstić information content (AvgIpc) is 2.42. The molecular weight excluding hydrogens is 264 g/mol.